The van der Waals surface area contributed by atoms with Crippen molar-refractivity contribution in [1.29, 1.82) is 0 Å². The normalized spacial score (nSPS) is 20.1. The first-order valence-corrected chi connectivity index (χ1v) is 5.60. The summed E-state index contributed by atoms with van der Waals surface area (Å²) in [6.07, 6.45) is 0. The summed E-state index contributed by atoms with van der Waals surface area (Å²) >= 11 is 11.7. The summed E-state index contributed by atoms with van der Waals surface area (Å²) in [7, 11) is 0. The highest BCUT2D eigenvalue weighted by molar-refractivity contribution is 6.42. The number of nitrogens with one attached hydrogen (secondary N) is 1. The Morgan fingerprint density at radius 1 is 1.44 bits per heavy atom. The SMILES string of the molecule is NCC1CN(c2ccc(Cl)c(Cl)c2)C(=O)N1. The van der Waals surface area contributed by atoms with E-state index in [1.807, 2.05) is 0 Å². The number of halogens is 2. The molecule has 2 amide bonds. The number of hydrogen-bond acceptors (Lipinski definition) is 2. The number of nitrogens with zero attached hydrogens (tertiary/aromatic N) is 1. The second-order valence-corrected chi connectivity index (χ2v) is 4.41. The maximum Gasteiger partial charge on any atom is 0.322 e. The van der Waals surface area contributed by atoms with Crippen molar-refractivity contribution in [2.75, 3.05) is 18.0 Å². The molecule has 1 fully saturated rings. The summed E-state index contributed by atoms with van der Waals surface area (Å²) in [5.41, 5.74) is 6.23. The molecule has 1 heterocycles. The summed E-state index contributed by atoms with van der Waals surface area (Å²) in [4.78, 5) is 13.2. The Balaban J connectivity index is 2.24. The monoisotopic (exact) mass is 259 g/mol. The summed E-state index contributed by atoms with van der Waals surface area (Å²) < 4.78 is 0. The fraction of sp³-hybridized carbons (Fsp3) is 0.300. The molecule has 0 aliphatic carbocycles. The second kappa shape index (κ2) is 4.49. The summed E-state index contributed by atoms with van der Waals surface area (Å²) in [5, 5.41) is 3.68. The Labute approximate surface area is 103 Å². The molecule has 0 bridgehead atoms. The van der Waals surface area contributed by atoms with E-state index in [1.165, 1.54) is 0 Å². The minimum Gasteiger partial charge on any atom is -0.332 e. The topological polar surface area (TPSA) is 58.4 Å². The lowest BCUT2D eigenvalue weighted by Gasteiger charge is -2.15. The van der Waals surface area contributed by atoms with E-state index in [-0.39, 0.29) is 12.1 Å². The van der Waals surface area contributed by atoms with E-state index in [2.05, 4.69) is 5.32 Å². The molecule has 1 aromatic carbocycles. The van der Waals surface area contributed by atoms with Gasteiger partial charge in [0.1, 0.15) is 0 Å². The van der Waals surface area contributed by atoms with Gasteiger partial charge in [0.15, 0.2) is 0 Å². The third-order valence-electron chi connectivity index (χ3n) is 2.48. The molecule has 1 saturated heterocycles. The van der Waals surface area contributed by atoms with Crippen molar-refractivity contribution in [3.05, 3.63) is 28.2 Å². The van der Waals surface area contributed by atoms with Gasteiger partial charge in [-0.1, -0.05) is 23.2 Å². The lowest BCUT2D eigenvalue weighted by Crippen LogP contribution is -2.33. The molecule has 4 nitrogen and oxygen atoms in total. The molecule has 86 valence electrons. The van der Waals surface area contributed by atoms with E-state index >= 15 is 0 Å². The first-order valence-electron chi connectivity index (χ1n) is 4.85. The van der Waals surface area contributed by atoms with Crippen molar-refractivity contribution < 1.29 is 4.79 Å². The van der Waals surface area contributed by atoms with Crippen molar-refractivity contribution in [2.45, 2.75) is 6.04 Å². The molecule has 0 aromatic heterocycles. The van der Waals surface area contributed by atoms with E-state index in [4.69, 9.17) is 28.9 Å². The Morgan fingerprint density at radius 3 is 2.75 bits per heavy atom. The number of hydrogen-bond donors (Lipinski definition) is 2. The average molecular weight is 260 g/mol. The van der Waals surface area contributed by atoms with Crippen LogP contribution in [0.1, 0.15) is 0 Å². The van der Waals surface area contributed by atoms with Crippen LogP contribution < -0.4 is 16.0 Å². The Kier molecular flexibility index (Phi) is 3.23. The molecule has 1 unspecified atom stereocenters. The second-order valence-electron chi connectivity index (χ2n) is 3.59. The van der Waals surface area contributed by atoms with E-state index in [0.717, 1.165) is 5.69 Å². The highest BCUT2D eigenvalue weighted by Crippen LogP contribution is 2.28. The van der Waals surface area contributed by atoms with Crippen LogP contribution in [0, 0.1) is 0 Å². The number of carbonyl (C=O) groups excluding carboxylic acids is 1. The average Bonchev–Trinajstić information content (AvgIpc) is 2.64. The molecule has 3 N–H and O–H groups in total. The van der Waals surface area contributed by atoms with Crippen molar-refractivity contribution in [3.63, 3.8) is 0 Å². The van der Waals surface area contributed by atoms with E-state index in [0.29, 0.717) is 23.1 Å². The van der Waals surface area contributed by atoms with Gasteiger partial charge in [-0.15, -0.1) is 0 Å². The zero-order chi connectivity index (χ0) is 11.7. The van der Waals surface area contributed by atoms with Gasteiger partial charge in [0.05, 0.1) is 16.1 Å². The number of amides is 2. The number of carbonyl (C=O) groups is 1. The van der Waals surface area contributed by atoms with Crippen LogP contribution >= 0.6 is 23.2 Å². The van der Waals surface area contributed by atoms with Gasteiger partial charge in [-0.2, -0.15) is 0 Å². The standard InChI is InChI=1S/C10H11Cl2N3O/c11-8-2-1-7(3-9(8)12)15-5-6(4-13)14-10(15)16/h1-3,6H,4-5,13H2,(H,14,16). The van der Waals surface area contributed by atoms with Gasteiger partial charge in [0, 0.05) is 18.8 Å². The smallest absolute Gasteiger partial charge is 0.322 e. The maximum absolute atomic E-state index is 11.6. The van der Waals surface area contributed by atoms with Gasteiger partial charge < -0.3 is 11.1 Å². The first kappa shape index (κ1) is 11.5. The Hall–Kier alpha value is -0.970. The van der Waals surface area contributed by atoms with Gasteiger partial charge >= 0.3 is 6.03 Å². The van der Waals surface area contributed by atoms with Crippen LogP contribution in [0.4, 0.5) is 10.5 Å². The van der Waals surface area contributed by atoms with Gasteiger partial charge in [-0.25, -0.2) is 4.79 Å². The number of rotatable bonds is 2. The Morgan fingerprint density at radius 2 is 2.19 bits per heavy atom. The van der Waals surface area contributed by atoms with Gasteiger partial charge in [-0.05, 0) is 18.2 Å². The minimum absolute atomic E-state index is 0.0121. The zero-order valence-corrected chi connectivity index (χ0v) is 9.92. The predicted molar refractivity (Wildman–Crippen MR) is 65.2 cm³/mol. The number of urea groups is 1. The zero-order valence-electron chi connectivity index (χ0n) is 8.41. The van der Waals surface area contributed by atoms with E-state index in [1.54, 1.807) is 23.1 Å². The molecular formula is C10H11Cl2N3O. The molecule has 1 aliphatic rings. The lowest BCUT2D eigenvalue weighted by molar-refractivity contribution is 0.251. The molecule has 6 heteroatoms. The van der Waals surface area contributed by atoms with Crippen LogP contribution in [0.3, 0.4) is 0 Å². The molecule has 0 radical (unpaired) electrons. The molecule has 1 aromatic rings. The minimum atomic E-state index is -0.158. The summed E-state index contributed by atoms with van der Waals surface area (Å²) in [6, 6.07) is 4.92. The molecule has 1 atom stereocenters. The lowest BCUT2D eigenvalue weighted by atomic mass is 10.2. The largest absolute Gasteiger partial charge is 0.332 e. The van der Waals surface area contributed by atoms with Crippen LogP contribution in [0.15, 0.2) is 18.2 Å². The van der Waals surface area contributed by atoms with Crippen molar-refractivity contribution in [3.8, 4) is 0 Å². The van der Waals surface area contributed by atoms with Crippen molar-refractivity contribution in [2.24, 2.45) is 5.73 Å². The number of anilines is 1. The highest BCUT2D eigenvalue weighted by atomic mass is 35.5. The fourth-order valence-electron chi connectivity index (χ4n) is 1.61. The molecule has 1 aliphatic heterocycles. The molecule has 0 spiro atoms. The summed E-state index contributed by atoms with van der Waals surface area (Å²) in [5.74, 6) is 0. The van der Waals surface area contributed by atoms with Gasteiger partial charge in [0.2, 0.25) is 0 Å². The Bertz CT molecular complexity index is 425. The quantitative estimate of drug-likeness (QED) is 0.852. The predicted octanol–water partition coefficient (Wildman–Crippen LogP) is 1.85. The number of benzene rings is 1. The van der Waals surface area contributed by atoms with Crippen molar-refractivity contribution >= 4 is 34.9 Å². The molecule has 2 rings (SSSR count). The van der Waals surface area contributed by atoms with Crippen LogP contribution in [0.25, 0.3) is 0 Å². The first-order chi connectivity index (χ1) is 7.61. The maximum atomic E-state index is 11.6. The summed E-state index contributed by atoms with van der Waals surface area (Å²) in [6.45, 7) is 0.969. The van der Waals surface area contributed by atoms with Crippen LogP contribution in [0.2, 0.25) is 10.0 Å². The van der Waals surface area contributed by atoms with Crippen LogP contribution in [0.5, 0.6) is 0 Å². The van der Waals surface area contributed by atoms with Crippen LogP contribution in [-0.2, 0) is 0 Å². The highest BCUT2D eigenvalue weighted by Gasteiger charge is 2.28. The van der Waals surface area contributed by atoms with Gasteiger partial charge in [-0.3, -0.25) is 4.90 Å². The van der Waals surface area contributed by atoms with Gasteiger partial charge in [0.25, 0.3) is 0 Å². The van der Waals surface area contributed by atoms with E-state index < -0.39 is 0 Å². The molecular weight excluding hydrogens is 249 g/mol. The van der Waals surface area contributed by atoms with Crippen molar-refractivity contribution in [1.82, 2.24) is 5.32 Å². The molecule has 0 saturated carbocycles. The van der Waals surface area contributed by atoms with Crippen LogP contribution in [-0.4, -0.2) is 25.2 Å². The van der Waals surface area contributed by atoms with E-state index in [9.17, 15) is 4.79 Å². The third kappa shape index (κ3) is 2.09. The fourth-order valence-corrected chi connectivity index (χ4v) is 1.90. The third-order valence-corrected chi connectivity index (χ3v) is 3.21. The molecule has 16 heavy (non-hydrogen) atoms. The number of nitrogens with two attached hydrogens (primary N) is 1.